The molecule has 18 heavy (non-hydrogen) atoms. The molecule has 3 heteroatoms. The van der Waals surface area contributed by atoms with E-state index in [4.69, 9.17) is 0 Å². The number of hydrogen-bond donors (Lipinski definition) is 1. The van der Waals surface area contributed by atoms with E-state index < -0.39 is 6.10 Å². The molecule has 1 saturated carbocycles. The third kappa shape index (κ3) is 3.45. The summed E-state index contributed by atoms with van der Waals surface area (Å²) in [5.41, 5.74) is 0.887. The van der Waals surface area contributed by atoms with Crippen molar-refractivity contribution in [3.05, 3.63) is 23.9 Å². The highest BCUT2D eigenvalue weighted by Gasteiger charge is 2.29. The highest BCUT2D eigenvalue weighted by atomic mass is 16.3. The third-order valence-electron chi connectivity index (χ3n) is 3.48. The summed E-state index contributed by atoms with van der Waals surface area (Å²) >= 11 is 0. The lowest BCUT2D eigenvalue weighted by Crippen LogP contribution is -2.28. The molecule has 1 unspecified atom stereocenters. The number of anilines is 1. The largest absolute Gasteiger partial charge is 0.389 e. The summed E-state index contributed by atoms with van der Waals surface area (Å²) in [6.45, 7) is 7.38. The molecule has 1 atom stereocenters. The average Bonchev–Trinajstić information content (AvgIpc) is 3.14. The Morgan fingerprint density at radius 2 is 2.06 bits per heavy atom. The first-order valence-electron chi connectivity index (χ1n) is 6.98. The van der Waals surface area contributed by atoms with Gasteiger partial charge in [-0.05, 0) is 43.7 Å². The molecular formula is C15H24N2O. The zero-order chi connectivity index (χ0) is 13.1. The number of hydrogen-bond acceptors (Lipinski definition) is 3. The zero-order valence-corrected chi connectivity index (χ0v) is 11.6. The highest BCUT2D eigenvalue weighted by Crippen LogP contribution is 2.31. The molecule has 100 valence electrons. The van der Waals surface area contributed by atoms with Gasteiger partial charge in [-0.25, -0.2) is 4.98 Å². The Morgan fingerprint density at radius 1 is 1.33 bits per heavy atom. The molecule has 0 saturated heterocycles. The molecule has 0 amide bonds. The maximum Gasteiger partial charge on any atom is 0.128 e. The van der Waals surface area contributed by atoms with Crippen LogP contribution in [0.25, 0.3) is 0 Å². The third-order valence-corrected chi connectivity index (χ3v) is 3.48. The molecule has 1 heterocycles. The standard InChI is InChI=1S/C15H24N2O/c1-11(2)8-9-17(14-5-6-14)15-7-4-13(10-16-15)12(3)18/h4,7,10-12,14,18H,5-6,8-9H2,1-3H3. The van der Waals surface area contributed by atoms with Gasteiger partial charge in [0.25, 0.3) is 0 Å². The smallest absolute Gasteiger partial charge is 0.128 e. The van der Waals surface area contributed by atoms with E-state index in [0.29, 0.717) is 6.04 Å². The summed E-state index contributed by atoms with van der Waals surface area (Å²) in [5.74, 6) is 1.78. The minimum Gasteiger partial charge on any atom is -0.389 e. The van der Waals surface area contributed by atoms with Crippen LogP contribution in [0.1, 0.15) is 51.7 Å². The van der Waals surface area contributed by atoms with E-state index in [9.17, 15) is 5.11 Å². The second-order valence-electron chi connectivity index (χ2n) is 5.73. The molecule has 1 aromatic rings. The summed E-state index contributed by atoms with van der Waals surface area (Å²) < 4.78 is 0. The van der Waals surface area contributed by atoms with Crippen molar-refractivity contribution in [2.45, 2.75) is 52.2 Å². The van der Waals surface area contributed by atoms with Crippen LogP contribution < -0.4 is 4.90 Å². The first-order valence-corrected chi connectivity index (χ1v) is 6.98. The van der Waals surface area contributed by atoms with Crippen LogP contribution in [0.15, 0.2) is 18.3 Å². The first-order chi connectivity index (χ1) is 8.58. The molecule has 1 N–H and O–H groups in total. The molecule has 0 bridgehead atoms. The lowest BCUT2D eigenvalue weighted by molar-refractivity contribution is 0.199. The van der Waals surface area contributed by atoms with Crippen LogP contribution in [0.4, 0.5) is 5.82 Å². The molecule has 2 rings (SSSR count). The van der Waals surface area contributed by atoms with Gasteiger partial charge in [0.1, 0.15) is 5.82 Å². The minimum absolute atomic E-state index is 0.434. The molecule has 3 nitrogen and oxygen atoms in total. The number of nitrogens with zero attached hydrogens (tertiary/aromatic N) is 2. The Bertz CT molecular complexity index is 369. The van der Waals surface area contributed by atoms with Gasteiger partial charge in [-0.15, -0.1) is 0 Å². The van der Waals surface area contributed by atoms with Crippen LogP contribution in [0.5, 0.6) is 0 Å². The van der Waals surface area contributed by atoms with Gasteiger partial charge in [-0.3, -0.25) is 0 Å². The van der Waals surface area contributed by atoms with E-state index in [1.807, 2.05) is 12.1 Å². The van der Waals surface area contributed by atoms with Crippen LogP contribution in [0.2, 0.25) is 0 Å². The zero-order valence-electron chi connectivity index (χ0n) is 11.6. The van der Waals surface area contributed by atoms with Crippen molar-refractivity contribution in [1.29, 1.82) is 0 Å². The van der Waals surface area contributed by atoms with Gasteiger partial charge in [-0.1, -0.05) is 19.9 Å². The van der Waals surface area contributed by atoms with E-state index >= 15 is 0 Å². The van der Waals surface area contributed by atoms with E-state index in [-0.39, 0.29) is 0 Å². The molecule has 1 fully saturated rings. The molecule has 1 aliphatic carbocycles. The van der Waals surface area contributed by atoms with Crippen molar-refractivity contribution in [1.82, 2.24) is 4.98 Å². The lowest BCUT2D eigenvalue weighted by atomic mass is 10.1. The summed E-state index contributed by atoms with van der Waals surface area (Å²) in [4.78, 5) is 6.93. The second-order valence-corrected chi connectivity index (χ2v) is 5.73. The fourth-order valence-electron chi connectivity index (χ4n) is 2.08. The number of aliphatic hydroxyl groups is 1. The van der Waals surface area contributed by atoms with E-state index in [0.717, 1.165) is 23.8 Å². The van der Waals surface area contributed by atoms with E-state index in [1.165, 1.54) is 19.3 Å². The molecule has 0 aromatic carbocycles. The van der Waals surface area contributed by atoms with E-state index in [2.05, 4.69) is 23.7 Å². The number of pyridine rings is 1. The predicted octanol–water partition coefficient (Wildman–Crippen LogP) is 3.15. The molecule has 1 aromatic heterocycles. The number of aromatic nitrogens is 1. The van der Waals surface area contributed by atoms with Crippen molar-refractivity contribution in [2.75, 3.05) is 11.4 Å². The van der Waals surface area contributed by atoms with Gasteiger partial charge >= 0.3 is 0 Å². The summed E-state index contributed by atoms with van der Waals surface area (Å²) in [6.07, 6.45) is 5.15. The molecule has 0 spiro atoms. The van der Waals surface area contributed by atoms with Gasteiger partial charge in [-0.2, -0.15) is 0 Å². The lowest BCUT2D eigenvalue weighted by Gasteiger charge is -2.24. The highest BCUT2D eigenvalue weighted by molar-refractivity contribution is 5.42. The molecule has 0 aliphatic heterocycles. The Morgan fingerprint density at radius 3 is 2.50 bits per heavy atom. The quantitative estimate of drug-likeness (QED) is 0.840. The van der Waals surface area contributed by atoms with Gasteiger partial charge in [0, 0.05) is 18.8 Å². The van der Waals surface area contributed by atoms with Gasteiger partial charge in [0.15, 0.2) is 0 Å². The number of aliphatic hydroxyl groups excluding tert-OH is 1. The van der Waals surface area contributed by atoms with Crippen LogP contribution in [-0.4, -0.2) is 22.7 Å². The van der Waals surface area contributed by atoms with Crippen molar-refractivity contribution in [3.8, 4) is 0 Å². The average molecular weight is 248 g/mol. The van der Waals surface area contributed by atoms with Gasteiger partial charge < -0.3 is 10.0 Å². The van der Waals surface area contributed by atoms with Crippen LogP contribution in [0.3, 0.4) is 0 Å². The molecule has 0 radical (unpaired) electrons. The van der Waals surface area contributed by atoms with Crippen LogP contribution in [0, 0.1) is 5.92 Å². The predicted molar refractivity (Wildman–Crippen MR) is 74.7 cm³/mol. The monoisotopic (exact) mass is 248 g/mol. The van der Waals surface area contributed by atoms with Crippen molar-refractivity contribution in [2.24, 2.45) is 5.92 Å². The second kappa shape index (κ2) is 5.70. The maximum atomic E-state index is 9.50. The topological polar surface area (TPSA) is 36.4 Å². The van der Waals surface area contributed by atoms with Gasteiger partial charge in [0.05, 0.1) is 6.10 Å². The van der Waals surface area contributed by atoms with E-state index in [1.54, 1.807) is 13.1 Å². The van der Waals surface area contributed by atoms with Crippen LogP contribution >= 0.6 is 0 Å². The maximum absolute atomic E-state index is 9.50. The summed E-state index contributed by atoms with van der Waals surface area (Å²) in [5, 5.41) is 9.50. The molecule has 1 aliphatic rings. The normalized spacial score (nSPS) is 16.9. The van der Waals surface area contributed by atoms with Crippen molar-refractivity contribution < 1.29 is 5.11 Å². The fourth-order valence-corrected chi connectivity index (χ4v) is 2.08. The summed E-state index contributed by atoms with van der Waals surface area (Å²) in [7, 11) is 0. The van der Waals surface area contributed by atoms with Crippen molar-refractivity contribution in [3.63, 3.8) is 0 Å². The Labute approximate surface area is 110 Å². The minimum atomic E-state index is -0.434. The van der Waals surface area contributed by atoms with Gasteiger partial charge in [0.2, 0.25) is 0 Å². The summed E-state index contributed by atoms with van der Waals surface area (Å²) in [6, 6.07) is 4.71. The van der Waals surface area contributed by atoms with Crippen molar-refractivity contribution >= 4 is 5.82 Å². The number of rotatable bonds is 6. The Balaban J connectivity index is 2.05. The first kappa shape index (κ1) is 13.3. The Kier molecular flexibility index (Phi) is 4.23. The fraction of sp³-hybridized carbons (Fsp3) is 0.667. The molecular weight excluding hydrogens is 224 g/mol. The SMILES string of the molecule is CC(C)CCN(c1ccc(C(C)O)cn1)C1CC1. The Hall–Kier alpha value is -1.09. The van der Waals surface area contributed by atoms with Crippen LogP contribution in [-0.2, 0) is 0 Å².